The van der Waals surface area contributed by atoms with Crippen molar-refractivity contribution in [1.82, 2.24) is 19.4 Å². The van der Waals surface area contributed by atoms with E-state index in [0.29, 0.717) is 34.6 Å². The molecule has 41 heavy (non-hydrogen) atoms. The molecule has 220 valence electrons. The van der Waals surface area contributed by atoms with Crippen LogP contribution in [0.4, 0.5) is 17.3 Å². The molecule has 2 amide bonds. The minimum absolute atomic E-state index is 0.0805. The van der Waals surface area contributed by atoms with Gasteiger partial charge in [-0.2, -0.15) is 0 Å². The summed E-state index contributed by atoms with van der Waals surface area (Å²) in [5, 5.41) is 14.6. The van der Waals surface area contributed by atoms with Crippen molar-refractivity contribution in [3.8, 4) is 0 Å². The van der Waals surface area contributed by atoms with Crippen molar-refractivity contribution in [3.63, 3.8) is 0 Å². The lowest BCUT2D eigenvalue weighted by Crippen LogP contribution is -2.50. The van der Waals surface area contributed by atoms with Crippen molar-refractivity contribution in [2.45, 2.75) is 63.8 Å². The van der Waals surface area contributed by atoms with Crippen LogP contribution in [0.15, 0.2) is 36.8 Å². The number of aromatic nitrogens is 2. The maximum Gasteiger partial charge on any atom is 0.270 e. The Bertz CT molecular complexity index is 1250. The van der Waals surface area contributed by atoms with Gasteiger partial charge in [0, 0.05) is 64.0 Å². The van der Waals surface area contributed by atoms with Gasteiger partial charge < -0.3 is 35.3 Å². The number of amides is 2. The molecule has 2 aromatic heterocycles. The van der Waals surface area contributed by atoms with Crippen molar-refractivity contribution < 1.29 is 9.59 Å². The minimum atomic E-state index is -0.0805. The van der Waals surface area contributed by atoms with Crippen molar-refractivity contribution in [1.29, 1.82) is 5.41 Å². The van der Waals surface area contributed by atoms with Crippen LogP contribution >= 0.6 is 0 Å². The zero-order valence-corrected chi connectivity index (χ0v) is 24.5. The first-order valence-corrected chi connectivity index (χ1v) is 15.1. The molecule has 2 aliphatic carbocycles. The normalized spacial score (nSPS) is 18.3. The highest BCUT2D eigenvalue weighted by Crippen LogP contribution is 2.36. The van der Waals surface area contributed by atoms with E-state index in [4.69, 9.17) is 5.41 Å². The number of pyridine rings is 1. The monoisotopic (exact) mass is 560 g/mol. The Morgan fingerprint density at radius 2 is 1.68 bits per heavy atom. The summed E-state index contributed by atoms with van der Waals surface area (Å²) >= 11 is 0. The molecular weight excluding hydrogens is 516 g/mol. The summed E-state index contributed by atoms with van der Waals surface area (Å²) in [6.45, 7) is 7.28. The van der Waals surface area contributed by atoms with Crippen molar-refractivity contribution >= 4 is 35.4 Å². The van der Waals surface area contributed by atoms with E-state index < -0.39 is 0 Å². The van der Waals surface area contributed by atoms with Crippen LogP contribution in [0.25, 0.3) is 0 Å². The number of rotatable bonds is 9. The van der Waals surface area contributed by atoms with E-state index in [1.165, 1.54) is 25.5 Å². The SMILES string of the molecule is C=C(Nc1ccc(N2CCN(C(=O)C3CCCCC3)CC2)cn1)Nc1c(C=N)cc(C(=O)N(C)C)n1C1CCCC1. The molecule has 1 aliphatic heterocycles. The molecule has 3 heterocycles. The van der Waals surface area contributed by atoms with Crippen LogP contribution in [0.2, 0.25) is 0 Å². The molecule has 0 atom stereocenters. The molecule has 0 bridgehead atoms. The lowest BCUT2D eigenvalue weighted by atomic mass is 9.88. The molecule has 3 fully saturated rings. The van der Waals surface area contributed by atoms with Crippen LogP contribution in [0, 0.1) is 11.3 Å². The average Bonchev–Trinajstić information content (AvgIpc) is 3.65. The van der Waals surface area contributed by atoms with E-state index in [2.05, 4.69) is 31.7 Å². The lowest BCUT2D eigenvalue weighted by molar-refractivity contribution is -0.136. The van der Waals surface area contributed by atoms with Gasteiger partial charge in [-0.15, -0.1) is 0 Å². The molecule has 0 unspecified atom stereocenters. The summed E-state index contributed by atoms with van der Waals surface area (Å²) in [5.74, 6) is 2.35. The van der Waals surface area contributed by atoms with E-state index in [0.717, 1.165) is 70.4 Å². The van der Waals surface area contributed by atoms with E-state index in [9.17, 15) is 9.59 Å². The first-order valence-electron chi connectivity index (χ1n) is 15.1. The highest BCUT2D eigenvalue weighted by atomic mass is 16.2. The third-order valence-electron chi connectivity index (χ3n) is 8.74. The van der Waals surface area contributed by atoms with Crippen LogP contribution in [0.3, 0.4) is 0 Å². The Morgan fingerprint density at radius 3 is 2.29 bits per heavy atom. The Morgan fingerprint density at radius 1 is 1.00 bits per heavy atom. The topological polar surface area (TPSA) is 110 Å². The number of piperazine rings is 1. The summed E-state index contributed by atoms with van der Waals surface area (Å²) in [4.78, 5) is 36.4. The van der Waals surface area contributed by atoms with Crippen molar-refractivity contribution in [2.75, 3.05) is 55.8 Å². The maximum absolute atomic E-state index is 13.0. The molecule has 10 heteroatoms. The van der Waals surface area contributed by atoms with Gasteiger partial charge >= 0.3 is 0 Å². The second-order valence-electron chi connectivity index (χ2n) is 11.8. The number of anilines is 3. The van der Waals surface area contributed by atoms with E-state index in [1.54, 1.807) is 25.1 Å². The van der Waals surface area contributed by atoms with Crippen molar-refractivity contribution in [3.05, 3.63) is 48.1 Å². The standard InChI is InChI=1S/C31H44N8O2/c1-22(35-29-24(20-32)19-27(31(41)36(2)3)39(29)25-11-7-8-12-25)34-28-14-13-26(21-33-28)37-15-17-38(18-16-37)30(40)23-9-5-4-6-10-23/h13-14,19-21,23,25,32,35H,1,4-12,15-18H2,2-3H3,(H,33,34). The zero-order chi connectivity index (χ0) is 28.9. The third kappa shape index (κ3) is 6.41. The Kier molecular flexibility index (Phi) is 8.95. The summed E-state index contributed by atoms with van der Waals surface area (Å²) in [7, 11) is 3.50. The number of hydrogen-bond acceptors (Lipinski definition) is 7. The lowest BCUT2D eigenvalue weighted by Gasteiger charge is -2.38. The fourth-order valence-electron chi connectivity index (χ4n) is 6.49. The zero-order valence-electron chi connectivity index (χ0n) is 24.5. The second-order valence-corrected chi connectivity index (χ2v) is 11.8. The van der Waals surface area contributed by atoms with E-state index in [1.807, 2.05) is 23.2 Å². The molecule has 3 N–H and O–H groups in total. The summed E-state index contributed by atoms with van der Waals surface area (Å²) in [6.07, 6.45) is 13.1. The quantitative estimate of drug-likeness (QED) is 0.376. The van der Waals surface area contributed by atoms with Crippen LogP contribution in [-0.2, 0) is 4.79 Å². The highest BCUT2D eigenvalue weighted by Gasteiger charge is 2.29. The van der Waals surface area contributed by atoms with Gasteiger partial charge in [-0.05, 0) is 43.9 Å². The Balaban J connectivity index is 1.21. The van der Waals surface area contributed by atoms with Crippen LogP contribution in [0.5, 0.6) is 0 Å². The average molecular weight is 561 g/mol. The van der Waals surface area contributed by atoms with Gasteiger partial charge in [0.2, 0.25) is 5.91 Å². The fraction of sp³-hybridized carbons (Fsp3) is 0.548. The highest BCUT2D eigenvalue weighted by molar-refractivity contribution is 5.98. The van der Waals surface area contributed by atoms with Gasteiger partial charge in [0.05, 0.1) is 11.9 Å². The summed E-state index contributed by atoms with van der Waals surface area (Å²) in [6, 6.07) is 5.96. The molecule has 1 saturated heterocycles. The molecule has 2 saturated carbocycles. The third-order valence-corrected chi connectivity index (χ3v) is 8.74. The van der Waals surface area contributed by atoms with Crippen molar-refractivity contribution in [2.24, 2.45) is 5.92 Å². The number of hydrogen-bond donors (Lipinski definition) is 3. The van der Waals surface area contributed by atoms with Crippen LogP contribution < -0.4 is 15.5 Å². The molecule has 2 aromatic rings. The molecule has 3 aliphatic rings. The molecule has 5 rings (SSSR count). The molecule has 0 spiro atoms. The summed E-state index contributed by atoms with van der Waals surface area (Å²) < 4.78 is 2.05. The Labute approximate surface area is 243 Å². The second kappa shape index (κ2) is 12.8. The minimum Gasteiger partial charge on any atom is -0.367 e. The van der Waals surface area contributed by atoms with Gasteiger partial charge in [-0.1, -0.05) is 38.7 Å². The predicted molar refractivity (Wildman–Crippen MR) is 164 cm³/mol. The number of nitrogens with one attached hydrogen (secondary N) is 3. The number of carbonyl (C=O) groups is 2. The van der Waals surface area contributed by atoms with Gasteiger partial charge in [0.15, 0.2) is 0 Å². The molecule has 0 aromatic carbocycles. The number of carbonyl (C=O) groups excluding carboxylic acids is 2. The van der Waals surface area contributed by atoms with Gasteiger partial charge in [0.25, 0.3) is 5.91 Å². The fourth-order valence-corrected chi connectivity index (χ4v) is 6.49. The molecule has 10 nitrogen and oxygen atoms in total. The molecular formula is C31H44N8O2. The van der Waals surface area contributed by atoms with Crippen LogP contribution in [0.1, 0.15) is 79.9 Å². The van der Waals surface area contributed by atoms with Crippen LogP contribution in [-0.4, -0.2) is 77.7 Å². The van der Waals surface area contributed by atoms with Gasteiger partial charge in [-0.3, -0.25) is 9.59 Å². The first kappa shape index (κ1) is 28.7. The number of nitrogens with zero attached hydrogens (tertiary/aromatic N) is 5. The van der Waals surface area contributed by atoms with Gasteiger partial charge in [0.1, 0.15) is 23.2 Å². The maximum atomic E-state index is 13.0. The summed E-state index contributed by atoms with van der Waals surface area (Å²) in [5.41, 5.74) is 2.26. The van der Waals surface area contributed by atoms with Gasteiger partial charge in [-0.25, -0.2) is 4.98 Å². The van der Waals surface area contributed by atoms with E-state index >= 15 is 0 Å². The largest absolute Gasteiger partial charge is 0.367 e. The molecule has 0 radical (unpaired) electrons. The predicted octanol–water partition coefficient (Wildman–Crippen LogP) is 4.92. The first-order chi connectivity index (χ1) is 19.9. The van der Waals surface area contributed by atoms with E-state index in [-0.39, 0.29) is 17.9 Å². The Hall–Kier alpha value is -3.82. The smallest absolute Gasteiger partial charge is 0.270 e.